The van der Waals surface area contributed by atoms with E-state index in [-0.39, 0.29) is 18.9 Å². The highest BCUT2D eigenvalue weighted by Gasteiger charge is 2.43. The number of ether oxygens (including phenoxy) is 2. The predicted octanol–water partition coefficient (Wildman–Crippen LogP) is 6.21. The van der Waals surface area contributed by atoms with Crippen molar-refractivity contribution in [1.29, 1.82) is 0 Å². The van der Waals surface area contributed by atoms with Crippen molar-refractivity contribution in [2.75, 3.05) is 11.7 Å². The van der Waals surface area contributed by atoms with E-state index in [1.165, 1.54) is 0 Å². The van der Waals surface area contributed by atoms with Crippen LogP contribution < -0.4 is 19.7 Å². The van der Waals surface area contributed by atoms with Gasteiger partial charge >= 0.3 is 0 Å². The number of rotatable bonds is 4. The van der Waals surface area contributed by atoms with Gasteiger partial charge in [0.25, 0.3) is 0 Å². The summed E-state index contributed by atoms with van der Waals surface area (Å²) in [5, 5.41) is 4.72. The quantitative estimate of drug-likeness (QED) is 0.342. The number of hydrogen-bond acceptors (Lipinski definition) is 5. The molecule has 1 fully saturated rings. The van der Waals surface area contributed by atoms with Crippen molar-refractivity contribution in [2.24, 2.45) is 0 Å². The van der Waals surface area contributed by atoms with Gasteiger partial charge in [0, 0.05) is 28.5 Å². The zero-order valence-corrected chi connectivity index (χ0v) is 19.8. The van der Waals surface area contributed by atoms with Crippen LogP contribution >= 0.6 is 23.8 Å². The van der Waals surface area contributed by atoms with Gasteiger partial charge in [-0.05, 0) is 67.2 Å². The molecule has 0 bridgehead atoms. The molecular weight excluding hydrogens is 470 g/mol. The third-order valence-electron chi connectivity index (χ3n) is 6.11. The van der Waals surface area contributed by atoms with Crippen molar-refractivity contribution in [3.63, 3.8) is 0 Å². The Bertz CT molecular complexity index is 1390. The number of nitrogens with zero attached hydrogens (tertiary/aromatic N) is 2. The van der Waals surface area contributed by atoms with E-state index in [2.05, 4.69) is 10.3 Å². The molecule has 0 amide bonds. The molecular formula is C26H20ClN3O3S. The van der Waals surface area contributed by atoms with Crippen LogP contribution in [0.5, 0.6) is 11.5 Å². The monoisotopic (exact) mass is 489 g/mol. The summed E-state index contributed by atoms with van der Waals surface area (Å²) in [5.41, 5.74) is 3.68. The lowest BCUT2D eigenvalue weighted by Gasteiger charge is -2.26. The molecule has 4 aromatic rings. The Morgan fingerprint density at radius 1 is 1.03 bits per heavy atom. The number of furan rings is 1. The Labute approximate surface area is 207 Å². The van der Waals surface area contributed by atoms with Gasteiger partial charge < -0.3 is 24.1 Å². The van der Waals surface area contributed by atoms with Gasteiger partial charge in [0.2, 0.25) is 6.79 Å². The molecule has 0 spiro atoms. The molecule has 8 heteroatoms. The zero-order chi connectivity index (χ0) is 23.2. The summed E-state index contributed by atoms with van der Waals surface area (Å²) in [7, 11) is 0. The Morgan fingerprint density at radius 2 is 1.91 bits per heavy atom. The van der Waals surface area contributed by atoms with E-state index in [4.69, 9.17) is 37.7 Å². The maximum absolute atomic E-state index is 6.41. The van der Waals surface area contributed by atoms with Crippen LogP contribution in [-0.2, 0) is 0 Å². The Hall–Kier alpha value is -3.55. The van der Waals surface area contributed by atoms with E-state index >= 15 is 0 Å². The first-order chi connectivity index (χ1) is 16.6. The third-order valence-corrected chi connectivity index (χ3v) is 6.83. The van der Waals surface area contributed by atoms with E-state index < -0.39 is 0 Å². The zero-order valence-electron chi connectivity index (χ0n) is 18.2. The minimum absolute atomic E-state index is 0.209. The van der Waals surface area contributed by atoms with Crippen molar-refractivity contribution < 1.29 is 13.9 Å². The minimum atomic E-state index is -0.266. The number of thiocarbonyl (C=S) groups is 1. The molecule has 0 unspecified atom stereocenters. The first-order valence-electron chi connectivity index (χ1n) is 10.8. The second kappa shape index (κ2) is 8.34. The van der Waals surface area contributed by atoms with Gasteiger partial charge in [-0.15, -0.1) is 0 Å². The van der Waals surface area contributed by atoms with E-state index in [1.54, 1.807) is 6.20 Å². The van der Waals surface area contributed by atoms with E-state index in [0.29, 0.717) is 15.9 Å². The number of anilines is 1. The fourth-order valence-electron chi connectivity index (χ4n) is 4.37. The number of pyridine rings is 1. The maximum Gasteiger partial charge on any atom is 0.231 e. The number of nitrogens with one attached hydrogen (secondary N) is 1. The largest absolute Gasteiger partial charge is 0.459 e. The van der Waals surface area contributed by atoms with Crippen LogP contribution in [0.15, 0.2) is 77.3 Å². The second-order valence-electron chi connectivity index (χ2n) is 8.20. The van der Waals surface area contributed by atoms with Crippen LogP contribution in [0.3, 0.4) is 0 Å². The summed E-state index contributed by atoms with van der Waals surface area (Å²) < 4.78 is 17.5. The van der Waals surface area contributed by atoms with Crippen LogP contribution in [0.25, 0.3) is 11.3 Å². The summed E-state index contributed by atoms with van der Waals surface area (Å²) in [6.07, 6.45) is 1.78. The molecule has 0 radical (unpaired) electrons. The molecule has 2 aromatic heterocycles. The van der Waals surface area contributed by atoms with Crippen LogP contribution in [0.1, 0.15) is 29.1 Å². The first kappa shape index (κ1) is 21.0. The normalized spacial score (nSPS) is 18.9. The van der Waals surface area contributed by atoms with Gasteiger partial charge in [0.1, 0.15) is 17.6 Å². The summed E-state index contributed by atoms with van der Waals surface area (Å²) >= 11 is 12.2. The fraction of sp³-hybridized carbons (Fsp3) is 0.154. The molecule has 1 saturated heterocycles. The van der Waals surface area contributed by atoms with Crippen molar-refractivity contribution in [3.8, 4) is 22.8 Å². The van der Waals surface area contributed by atoms with Crippen molar-refractivity contribution in [1.82, 2.24) is 10.3 Å². The van der Waals surface area contributed by atoms with Crippen LogP contribution in [-0.4, -0.2) is 16.9 Å². The lowest BCUT2D eigenvalue weighted by atomic mass is 10.0. The standard InChI is InChI=1S/C26H20ClN3O3S/c1-15-5-6-16(12-18(15)27)20-9-10-22(33-20)25-24(19-4-2-3-11-28-19)29-26(34)30(25)17-7-8-21-23(13-17)32-14-31-21/h2-13,24-25H,14H2,1H3,(H,29,34)/t24-,25+/m0/s1. The topological polar surface area (TPSA) is 59.8 Å². The van der Waals surface area contributed by atoms with Gasteiger partial charge in [-0.1, -0.05) is 29.8 Å². The molecule has 4 heterocycles. The van der Waals surface area contributed by atoms with Crippen LogP contribution in [0.4, 0.5) is 5.69 Å². The number of benzene rings is 2. The molecule has 6 rings (SSSR count). The third kappa shape index (κ3) is 3.57. The Kier molecular flexibility index (Phi) is 5.16. The highest BCUT2D eigenvalue weighted by molar-refractivity contribution is 7.80. The van der Waals surface area contributed by atoms with Gasteiger partial charge in [-0.2, -0.15) is 0 Å². The molecule has 34 heavy (non-hydrogen) atoms. The average molecular weight is 490 g/mol. The Balaban J connectivity index is 1.44. The molecule has 2 aliphatic heterocycles. The molecule has 2 aliphatic rings. The highest BCUT2D eigenvalue weighted by atomic mass is 35.5. The number of aromatic nitrogens is 1. The Morgan fingerprint density at radius 3 is 2.74 bits per heavy atom. The number of hydrogen-bond donors (Lipinski definition) is 1. The van der Waals surface area contributed by atoms with Crippen LogP contribution in [0.2, 0.25) is 5.02 Å². The first-order valence-corrected chi connectivity index (χ1v) is 11.6. The average Bonchev–Trinajstić information content (AvgIpc) is 3.59. The van der Waals surface area contributed by atoms with Gasteiger partial charge in [0.05, 0.1) is 11.7 Å². The molecule has 1 N–H and O–H groups in total. The van der Waals surface area contributed by atoms with E-state index in [9.17, 15) is 0 Å². The van der Waals surface area contributed by atoms with E-state index in [1.807, 2.05) is 78.6 Å². The number of fused-ring (bicyclic) bond motifs is 1. The molecule has 6 nitrogen and oxygen atoms in total. The lowest BCUT2D eigenvalue weighted by Crippen LogP contribution is -2.29. The van der Waals surface area contributed by atoms with Gasteiger partial charge in [-0.3, -0.25) is 4.98 Å². The number of aryl methyl sites for hydroxylation is 1. The predicted molar refractivity (Wildman–Crippen MR) is 134 cm³/mol. The highest BCUT2D eigenvalue weighted by Crippen LogP contribution is 2.45. The number of halogens is 1. The molecule has 2 atom stereocenters. The van der Waals surface area contributed by atoms with Crippen molar-refractivity contribution in [2.45, 2.75) is 19.0 Å². The van der Waals surface area contributed by atoms with Crippen molar-refractivity contribution in [3.05, 3.63) is 95.0 Å². The van der Waals surface area contributed by atoms with E-state index in [0.717, 1.165) is 39.8 Å². The van der Waals surface area contributed by atoms with Crippen LogP contribution in [0, 0.1) is 6.92 Å². The SMILES string of the molecule is Cc1ccc(-c2ccc([C@@H]3[C@H](c4ccccn4)NC(=S)N3c3ccc4c(c3)OCO4)o2)cc1Cl. The fourth-order valence-corrected chi connectivity index (χ4v) is 4.90. The molecule has 170 valence electrons. The maximum atomic E-state index is 6.41. The van der Waals surface area contributed by atoms with Crippen molar-refractivity contribution >= 4 is 34.6 Å². The summed E-state index contributed by atoms with van der Waals surface area (Å²) in [6.45, 7) is 2.19. The van der Waals surface area contributed by atoms with Gasteiger partial charge in [0.15, 0.2) is 16.6 Å². The lowest BCUT2D eigenvalue weighted by molar-refractivity contribution is 0.174. The molecule has 0 saturated carbocycles. The summed E-state index contributed by atoms with van der Waals surface area (Å²) in [4.78, 5) is 6.63. The van der Waals surface area contributed by atoms with Gasteiger partial charge in [-0.25, -0.2) is 0 Å². The second-order valence-corrected chi connectivity index (χ2v) is 8.99. The summed E-state index contributed by atoms with van der Waals surface area (Å²) in [5.74, 6) is 2.90. The summed E-state index contributed by atoms with van der Waals surface area (Å²) in [6, 6.07) is 21.0. The molecule has 2 aromatic carbocycles. The smallest absolute Gasteiger partial charge is 0.231 e. The minimum Gasteiger partial charge on any atom is -0.459 e. The molecule has 0 aliphatic carbocycles.